The first-order chi connectivity index (χ1) is 22.7. The van der Waals surface area contributed by atoms with Crippen LogP contribution in [0.15, 0.2) is 119 Å². The molecule has 3 nitrogen and oxygen atoms in total. The number of hydrogen-bond acceptors (Lipinski definition) is 5. The van der Waals surface area contributed by atoms with Crippen LogP contribution in [-0.2, 0) is 0 Å². The molecule has 0 fully saturated rings. The summed E-state index contributed by atoms with van der Waals surface area (Å²) in [4.78, 5) is 15.4. The number of aliphatic imine (C=N–C) groups is 2. The van der Waals surface area contributed by atoms with E-state index >= 15 is 0 Å². The third kappa shape index (κ3) is 3.34. The number of aromatic nitrogens is 1. The lowest BCUT2D eigenvalue weighted by molar-refractivity contribution is 1.03. The van der Waals surface area contributed by atoms with Crippen LogP contribution >= 0.6 is 22.7 Å². The second-order valence-corrected chi connectivity index (χ2v) is 14.6. The predicted molar refractivity (Wildman–Crippen MR) is 198 cm³/mol. The van der Waals surface area contributed by atoms with Gasteiger partial charge in [-0.15, -0.1) is 22.7 Å². The summed E-state index contributed by atoms with van der Waals surface area (Å²) in [6.45, 7) is 2.14. The molecule has 1 unspecified atom stereocenters. The first-order valence-electron chi connectivity index (χ1n) is 15.5. The molecule has 8 aromatic rings. The predicted octanol–water partition coefficient (Wildman–Crippen LogP) is 11.6. The molecule has 1 atom stereocenters. The lowest BCUT2D eigenvalue weighted by Gasteiger charge is -2.34. The van der Waals surface area contributed by atoms with Crippen LogP contribution in [0.1, 0.15) is 28.4 Å². The van der Waals surface area contributed by atoms with E-state index in [2.05, 4.69) is 110 Å². The molecule has 0 N–H and O–H groups in total. The number of benzene rings is 5. The monoisotopic (exact) mass is 621 g/mol. The highest BCUT2D eigenvalue weighted by Gasteiger charge is 2.38. The summed E-state index contributed by atoms with van der Waals surface area (Å²) in [6, 6.07) is 35.7. The highest BCUT2D eigenvalue weighted by molar-refractivity contribution is 7.26. The topological polar surface area (TPSA) is 37.6 Å². The number of aryl methyl sites for hydroxylation is 1. The molecule has 3 aromatic heterocycles. The first-order valence-corrected chi connectivity index (χ1v) is 17.2. The summed E-state index contributed by atoms with van der Waals surface area (Å²) >= 11 is 3.70. The van der Waals surface area contributed by atoms with Crippen molar-refractivity contribution >= 4 is 103 Å². The van der Waals surface area contributed by atoms with Gasteiger partial charge in [-0.05, 0) is 89.4 Å². The molecule has 214 valence electrons. The van der Waals surface area contributed by atoms with E-state index in [1.54, 1.807) is 0 Å². The normalized spacial score (nSPS) is 16.5. The van der Waals surface area contributed by atoms with Gasteiger partial charge in [0.2, 0.25) is 0 Å². The zero-order valence-electron chi connectivity index (χ0n) is 24.7. The van der Waals surface area contributed by atoms with Crippen molar-refractivity contribution in [3.8, 4) is 11.1 Å². The molecule has 1 aliphatic carbocycles. The molecular weight excluding hydrogens is 599 g/mol. The maximum atomic E-state index is 5.33. The van der Waals surface area contributed by atoms with Crippen molar-refractivity contribution in [2.24, 2.45) is 9.98 Å². The molecule has 5 aromatic carbocycles. The summed E-state index contributed by atoms with van der Waals surface area (Å²) in [6.07, 6.45) is 6.28. The van der Waals surface area contributed by atoms with Gasteiger partial charge in [0.1, 0.15) is 0 Å². The third-order valence-electron chi connectivity index (χ3n) is 9.90. The van der Waals surface area contributed by atoms with Crippen LogP contribution < -0.4 is 0 Å². The lowest BCUT2D eigenvalue weighted by atomic mass is 9.72. The standard InChI is InChI=1S/C41H23N3S2/c1-21-27-16-24(22-10-12-37-29(14-22)25-6-2-4-8-35(25)45-37)17-32-39(27)41-33(43-21)18-28(31-19-42-20-34(44-32)40(31)41)23-11-13-38-30(15-23)26-7-3-5-9-36(26)46-38/h2-20,40H,1H3. The third-order valence-corrected chi connectivity index (χ3v) is 12.2. The Labute approximate surface area is 272 Å². The lowest BCUT2D eigenvalue weighted by Crippen LogP contribution is -2.26. The fourth-order valence-corrected chi connectivity index (χ4v) is 9.99. The van der Waals surface area contributed by atoms with Crippen LogP contribution in [0.25, 0.3) is 73.9 Å². The van der Waals surface area contributed by atoms with Crippen LogP contribution in [0.5, 0.6) is 0 Å². The molecule has 11 rings (SSSR count). The van der Waals surface area contributed by atoms with E-state index in [9.17, 15) is 0 Å². The van der Waals surface area contributed by atoms with E-state index in [0.717, 1.165) is 22.8 Å². The highest BCUT2D eigenvalue weighted by Crippen LogP contribution is 2.52. The number of pyridine rings is 1. The highest BCUT2D eigenvalue weighted by atomic mass is 32.1. The molecule has 0 bridgehead atoms. The van der Waals surface area contributed by atoms with Crippen molar-refractivity contribution in [1.82, 2.24) is 4.98 Å². The molecule has 46 heavy (non-hydrogen) atoms. The van der Waals surface area contributed by atoms with E-state index < -0.39 is 0 Å². The van der Waals surface area contributed by atoms with E-state index in [0.29, 0.717) is 0 Å². The Morgan fingerprint density at radius 1 is 0.630 bits per heavy atom. The maximum absolute atomic E-state index is 5.33. The average molecular weight is 622 g/mol. The Morgan fingerprint density at radius 2 is 1.28 bits per heavy atom. The number of nitrogens with zero attached hydrogens (tertiary/aromatic N) is 3. The number of allylic oxidation sites excluding steroid dienone is 2. The van der Waals surface area contributed by atoms with Gasteiger partial charge in [-0.3, -0.25) is 15.0 Å². The van der Waals surface area contributed by atoms with Crippen LogP contribution in [0.4, 0.5) is 5.69 Å². The number of hydrogen-bond donors (Lipinski definition) is 0. The number of thiophene rings is 2. The van der Waals surface area contributed by atoms with E-state index in [1.165, 1.54) is 84.5 Å². The van der Waals surface area contributed by atoms with Gasteiger partial charge in [-0.25, -0.2) is 0 Å². The van der Waals surface area contributed by atoms with Gasteiger partial charge in [0, 0.05) is 74.8 Å². The Balaban J connectivity index is 1.13. The van der Waals surface area contributed by atoms with Crippen molar-refractivity contribution in [1.29, 1.82) is 0 Å². The molecule has 5 heterocycles. The summed E-state index contributed by atoms with van der Waals surface area (Å²) in [5.41, 5.74) is 11.3. The van der Waals surface area contributed by atoms with Crippen molar-refractivity contribution in [2.75, 3.05) is 0 Å². The quantitative estimate of drug-likeness (QED) is 0.189. The molecule has 2 aliphatic heterocycles. The Hall–Kier alpha value is -5.23. The first kappa shape index (κ1) is 25.0. The van der Waals surface area contributed by atoms with Crippen molar-refractivity contribution < 1.29 is 0 Å². The Morgan fingerprint density at radius 3 is 2.04 bits per heavy atom. The molecule has 3 aliphatic rings. The second-order valence-electron chi connectivity index (χ2n) is 12.4. The van der Waals surface area contributed by atoms with E-state index in [4.69, 9.17) is 15.0 Å². The van der Waals surface area contributed by atoms with Crippen molar-refractivity contribution in [3.63, 3.8) is 0 Å². The molecule has 5 heteroatoms. The van der Waals surface area contributed by atoms with Gasteiger partial charge in [0.15, 0.2) is 0 Å². The minimum absolute atomic E-state index is 0.0184. The maximum Gasteiger partial charge on any atom is 0.0723 e. The van der Waals surface area contributed by atoms with Crippen LogP contribution in [0, 0.1) is 6.92 Å². The fourth-order valence-electron chi connectivity index (χ4n) is 7.81. The Kier molecular flexibility index (Phi) is 4.86. The average Bonchev–Trinajstić information content (AvgIpc) is 3.66. The van der Waals surface area contributed by atoms with Crippen LogP contribution in [0.2, 0.25) is 0 Å². The van der Waals surface area contributed by atoms with E-state index in [-0.39, 0.29) is 5.92 Å². The molecule has 0 spiro atoms. The molecule has 0 saturated heterocycles. The van der Waals surface area contributed by atoms with Crippen molar-refractivity contribution in [3.05, 3.63) is 131 Å². The number of rotatable bonds is 2. The SMILES string of the molecule is Cc1nc2c3c4c(cc(-c5ccc6sc7ccccc7c6c5)cc14)N=C1C=NC=C(C(c4ccc5sc6ccccc6c5c4)=C2)C13. The largest absolute Gasteiger partial charge is 0.262 e. The van der Waals surface area contributed by atoms with Gasteiger partial charge >= 0.3 is 0 Å². The van der Waals surface area contributed by atoms with Crippen LogP contribution in [0.3, 0.4) is 0 Å². The number of fused-ring (bicyclic) bond motifs is 6. The zero-order valence-corrected chi connectivity index (χ0v) is 26.3. The summed E-state index contributed by atoms with van der Waals surface area (Å²) < 4.78 is 5.27. The minimum Gasteiger partial charge on any atom is -0.262 e. The fraction of sp³-hybridized carbons (Fsp3) is 0.0488. The van der Waals surface area contributed by atoms with Gasteiger partial charge in [0.05, 0.1) is 23.0 Å². The van der Waals surface area contributed by atoms with Crippen LogP contribution in [-0.4, -0.2) is 16.9 Å². The molecule has 0 saturated carbocycles. The Bertz CT molecular complexity index is 2820. The minimum atomic E-state index is 0.0184. The van der Waals surface area contributed by atoms with Gasteiger partial charge in [0.25, 0.3) is 0 Å². The molecule has 0 amide bonds. The molecule has 0 radical (unpaired) electrons. The zero-order chi connectivity index (χ0) is 30.1. The second kappa shape index (κ2) is 8.94. The van der Waals surface area contributed by atoms with E-state index in [1.807, 2.05) is 35.1 Å². The summed E-state index contributed by atoms with van der Waals surface area (Å²) in [5.74, 6) is 0.0184. The van der Waals surface area contributed by atoms with Gasteiger partial charge < -0.3 is 0 Å². The summed E-state index contributed by atoms with van der Waals surface area (Å²) in [7, 11) is 0. The summed E-state index contributed by atoms with van der Waals surface area (Å²) in [5, 5.41) is 7.62. The van der Waals surface area contributed by atoms with Gasteiger partial charge in [-0.2, -0.15) is 0 Å². The smallest absolute Gasteiger partial charge is 0.0723 e. The van der Waals surface area contributed by atoms with Gasteiger partial charge in [-0.1, -0.05) is 48.5 Å². The molecular formula is C41H23N3S2. The van der Waals surface area contributed by atoms with Crippen molar-refractivity contribution in [2.45, 2.75) is 12.8 Å².